The minimum absolute atomic E-state index is 0.0709. The number of Topliss-reactive ketones (excluding diaryl/α,β-unsaturated/α-hetero) is 1. The Morgan fingerprint density at radius 1 is 1.09 bits per heavy atom. The molecule has 0 atom stereocenters. The number of morpholine rings is 1. The van der Waals surface area contributed by atoms with E-state index in [0.29, 0.717) is 11.3 Å². The Morgan fingerprint density at radius 3 is 2.50 bits per heavy atom. The lowest BCUT2D eigenvalue weighted by Gasteiger charge is -2.26. The summed E-state index contributed by atoms with van der Waals surface area (Å²) < 4.78 is 50.8. The lowest BCUT2D eigenvalue weighted by molar-refractivity contribution is -0.119. The van der Waals surface area contributed by atoms with E-state index in [4.69, 9.17) is 9.47 Å². The number of ketones is 1. The molecule has 0 saturated carbocycles. The summed E-state index contributed by atoms with van der Waals surface area (Å²) in [5.74, 6) is -2.83. The highest BCUT2D eigenvalue weighted by Crippen LogP contribution is 2.22. The van der Waals surface area contributed by atoms with Crippen molar-refractivity contribution in [3.05, 3.63) is 59.4 Å². The van der Waals surface area contributed by atoms with Crippen LogP contribution >= 0.6 is 0 Å². The van der Waals surface area contributed by atoms with Gasteiger partial charge < -0.3 is 14.8 Å². The van der Waals surface area contributed by atoms with Crippen LogP contribution in [0.15, 0.2) is 47.4 Å². The fraction of sp³-hybridized carbons (Fsp3) is 0.286. The first-order valence-electron chi connectivity index (χ1n) is 9.64. The average Bonchev–Trinajstić information content (AvgIpc) is 2.78. The van der Waals surface area contributed by atoms with Crippen molar-refractivity contribution in [3.63, 3.8) is 0 Å². The number of esters is 1. The molecule has 1 aliphatic heterocycles. The van der Waals surface area contributed by atoms with Gasteiger partial charge in [0.2, 0.25) is 10.0 Å². The minimum Gasteiger partial charge on any atom is -0.452 e. The molecule has 0 unspecified atom stereocenters. The lowest BCUT2D eigenvalue weighted by Crippen LogP contribution is -2.41. The monoisotopic (exact) mass is 464 g/mol. The molecule has 1 N–H and O–H groups in total. The molecule has 3 rings (SSSR count). The van der Waals surface area contributed by atoms with Crippen molar-refractivity contribution in [3.8, 4) is 0 Å². The van der Waals surface area contributed by atoms with Crippen molar-refractivity contribution in [2.75, 3.05) is 38.2 Å². The number of ether oxygens (including phenoxy) is 2. The first-order chi connectivity index (χ1) is 15.2. The quantitative estimate of drug-likeness (QED) is 0.491. The van der Waals surface area contributed by atoms with Crippen molar-refractivity contribution in [1.82, 2.24) is 4.31 Å². The highest BCUT2D eigenvalue weighted by atomic mass is 32.2. The molecule has 0 radical (unpaired) electrons. The Morgan fingerprint density at radius 2 is 1.81 bits per heavy atom. The van der Waals surface area contributed by atoms with Gasteiger partial charge in [0.05, 0.1) is 18.8 Å². The maximum atomic E-state index is 14.3. The molecule has 1 heterocycles. The number of sulfonamides is 1. The van der Waals surface area contributed by atoms with Crippen LogP contribution in [0, 0.1) is 5.82 Å². The molecule has 2 aromatic rings. The number of carbonyl (C=O) groups excluding carboxylic acids is 3. The van der Waals surface area contributed by atoms with E-state index in [-0.39, 0.29) is 37.6 Å². The van der Waals surface area contributed by atoms with E-state index in [9.17, 15) is 27.2 Å². The molecule has 9 nitrogen and oxygen atoms in total. The number of halogens is 1. The van der Waals surface area contributed by atoms with Crippen LogP contribution in [0.2, 0.25) is 0 Å². The predicted octanol–water partition coefficient (Wildman–Crippen LogP) is 1.84. The van der Waals surface area contributed by atoms with Crippen LogP contribution < -0.4 is 5.32 Å². The number of hydrogen-bond acceptors (Lipinski definition) is 7. The van der Waals surface area contributed by atoms with Gasteiger partial charge in [0.15, 0.2) is 12.4 Å². The van der Waals surface area contributed by atoms with E-state index in [1.165, 1.54) is 13.0 Å². The summed E-state index contributed by atoms with van der Waals surface area (Å²) in [7, 11) is -4.17. The summed E-state index contributed by atoms with van der Waals surface area (Å²) in [6, 6.07) is 9.04. The zero-order valence-electron chi connectivity index (χ0n) is 17.2. The number of anilines is 1. The van der Waals surface area contributed by atoms with E-state index < -0.39 is 39.2 Å². The van der Waals surface area contributed by atoms with Crippen LogP contribution in [-0.4, -0.2) is 63.3 Å². The van der Waals surface area contributed by atoms with Crippen molar-refractivity contribution in [2.45, 2.75) is 11.8 Å². The molecule has 0 aromatic heterocycles. The molecule has 1 fully saturated rings. The fourth-order valence-corrected chi connectivity index (χ4v) is 4.48. The summed E-state index contributed by atoms with van der Waals surface area (Å²) in [5.41, 5.74) is 0.532. The zero-order chi connectivity index (χ0) is 23.3. The smallest absolute Gasteiger partial charge is 0.338 e. The maximum Gasteiger partial charge on any atom is 0.338 e. The number of benzene rings is 2. The molecule has 1 saturated heterocycles. The second kappa shape index (κ2) is 9.98. The van der Waals surface area contributed by atoms with Gasteiger partial charge in [0, 0.05) is 24.3 Å². The van der Waals surface area contributed by atoms with E-state index in [0.717, 1.165) is 22.5 Å². The van der Waals surface area contributed by atoms with E-state index >= 15 is 0 Å². The molecule has 1 amide bonds. The third-order valence-corrected chi connectivity index (χ3v) is 6.56. The van der Waals surface area contributed by atoms with Gasteiger partial charge in [-0.15, -0.1) is 0 Å². The number of rotatable bonds is 7. The van der Waals surface area contributed by atoms with E-state index in [1.807, 2.05) is 0 Å². The van der Waals surface area contributed by atoms with Crippen LogP contribution in [0.3, 0.4) is 0 Å². The lowest BCUT2D eigenvalue weighted by atomic mass is 10.1. The van der Waals surface area contributed by atoms with Crippen LogP contribution in [0.5, 0.6) is 0 Å². The van der Waals surface area contributed by atoms with Crippen LogP contribution in [0.1, 0.15) is 27.6 Å². The highest BCUT2D eigenvalue weighted by Gasteiger charge is 2.30. The number of hydrogen-bond donors (Lipinski definition) is 1. The third kappa shape index (κ3) is 5.55. The molecule has 11 heteroatoms. The largest absolute Gasteiger partial charge is 0.452 e. The average molecular weight is 464 g/mol. The summed E-state index contributed by atoms with van der Waals surface area (Å²) >= 11 is 0. The fourth-order valence-electron chi connectivity index (χ4n) is 2.98. The Bertz CT molecular complexity index is 1140. The summed E-state index contributed by atoms with van der Waals surface area (Å²) in [4.78, 5) is 35.1. The van der Waals surface area contributed by atoms with Crippen LogP contribution in [-0.2, 0) is 24.3 Å². The van der Waals surface area contributed by atoms with Crippen molar-refractivity contribution in [2.24, 2.45) is 0 Å². The number of carbonyl (C=O) groups is 3. The zero-order valence-corrected chi connectivity index (χ0v) is 18.0. The molecular formula is C21H21FN2O7S. The summed E-state index contributed by atoms with van der Waals surface area (Å²) in [6.07, 6.45) is 0. The molecule has 0 aliphatic carbocycles. The van der Waals surface area contributed by atoms with Crippen molar-refractivity contribution >= 4 is 33.4 Å². The molecular weight excluding hydrogens is 443 g/mol. The van der Waals surface area contributed by atoms with Gasteiger partial charge in [0.1, 0.15) is 10.7 Å². The van der Waals surface area contributed by atoms with Crippen molar-refractivity contribution in [1.29, 1.82) is 0 Å². The Balaban J connectivity index is 1.66. The Labute approximate surface area is 184 Å². The number of nitrogens with zero attached hydrogens (tertiary/aromatic N) is 1. The molecule has 0 spiro atoms. The first kappa shape index (κ1) is 23.5. The molecule has 1 aliphatic rings. The van der Waals surface area contributed by atoms with Gasteiger partial charge in [-0.3, -0.25) is 9.59 Å². The van der Waals surface area contributed by atoms with Gasteiger partial charge in [-0.1, -0.05) is 12.1 Å². The maximum absolute atomic E-state index is 14.3. The topological polar surface area (TPSA) is 119 Å². The van der Waals surface area contributed by atoms with Crippen LogP contribution in [0.4, 0.5) is 10.1 Å². The van der Waals surface area contributed by atoms with Gasteiger partial charge in [0.25, 0.3) is 5.91 Å². The SMILES string of the molecule is CC(=O)c1cccc(NC(=O)COC(=O)c2ccc(F)c(S(=O)(=O)N3CCOCC3)c2)c1. The van der Waals surface area contributed by atoms with Gasteiger partial charge in [-0.25, -0.2) is 17.6 Å². The van der Waals surface area contributed by atoms with E-state index in [1.54, 1.807) is 18.2 Å². The Kier molecular flexibility index (Phi) is 7.33. The number of amides is 1. The first-order valence-corrected chi connectivity index (χ1v) is 11.1. The normalized spacial score (nSPS) is 14.6. The minimum atomic E-state index is -4.17. The predicted molar refractivity (Wildman–Crippen MR) is 111 cm³/mol. The van der Waals surface area contributed by atoms with Gasteiger partial charge in [-0.05, 0) is 37.3 Å². The molecule has 2 aromatic carbocycles. The van der Waals surface area contributed by atoms with Crippen LogP contribution in [0.25, 0.3) is 0 Å². The summed E-state index contributed by atoms with van der Waals surface area (Å²) in [5, 5.41) is 2.49. The molecule has 170 valence electrons. The Hall–Kier alpha value is -3.15. The molecule has 32 heavy (non-hydrogen) atoms. The highest BCUT2D eigenvalue weighted by molar-refractivity contribution is 7.89. The van der Waals surface area contributed by atoms with Gasteiger partial charge in [-0.2, -0.15) is 4.31 Å². The summed E-state index contributed by atoms with van der Waals surface area (Å²) in [6.45, 7) is 1.24. The molecule has 0 bridgehead atoms. The standard InChI is InChI=1S/C21H21FN2O7S/c1-14(25)15-3-2-4-17(11-15)23-20(26)13-31-21(27)16-5-6-18(22)19(12-16)32(28,29)24-7-9-30-10-8-24/h2-6,11-12H,7-10,13H2,1H3,(H,23,26). The van der Waals surface area contributed by atoms with Crippen molar-refractivity contribution < 1.29 is 36.7 Å². The number of nitrogens with one attached hydrogen (secondary N) is 1. The second-order valence-corrected chi connectivity index (χ2v) is 8.83. The van der Waals surface area contributed by atoms with E-state index in [2.05, 4.69) is 5.32 Å². The third-order valence-electron chi connectivity index (χ3n) is 4.64. The van der Waals surface area contributed by atoms with Gasteiger partial charge >= 0.3 is 5.97 Å². The second-order valence-electron chi connectivity index (χ2n) is 6.92.